The van der Waals surface area contributed by atoms with Crippen LogP contribution in [0, 0.1) is 11.8 Å². The first-order chi connectivity index (χ1) is 6.67. The van der Waals surface area contributed by atoms with Crippen LogP contribution in [0.4, 0.5) is 0 Å². The van der Waals surface area contributed by atoms with Crippen molar-refractivity contribution in [3.63, 3.8) is 0 Å². The molecule has 84 valence electrons. The molecule has 0 aliphatic heterocycles. The highest BCUT2D eigenvalue weighted by Gasteiger charge is 2.27. The third-order valence-corrected chi connectivity index (χ3v) is 3.46. The third-order valence-electron chi connectivity index (χ3n) is 3.46. The van der Waals surface area contributed by atoms with E-state index >= 15 is 0 Å². The summed E-state index contributed by atoms with van der Waals surface area (Å²) in [5.41, 5.74) is 0. The summed E-state index contributed by atoms with van der Waals surface area (Å²) in [6.45, 7) is 9.13. The molecule has 0 aromatic heterocycles. The van der Waals surface area contributed by atoms with Gasteiger partial charge in [-0.1, -0.05) is 20.8 Å². The standard InChI is InChI=1S/C12H25NO/c1-4-13(5-6-14)12-8-10(2)7-11(3)9-12/h10-12,14H,4-9H2,1-3H3. The van der Waals surface area contributed by atoms with Gasteiger partial charge in [0.05, 0.1) is 6.61 Å². The number of aliphatic hydroxyl groups is 1. The fourth-order valence-corrected chi connectivity index (χ4v) is 2.93. The molecule has 1 aliphatic carbocycles. The Morgan fingerprint density at radius 3 is 2.14 bits per heavy atom. The van der Waals surface area contributed by atoms with E-state index in [1.807, 2.05) is 0 Å². The van der Waals surface area contributed by atoms with Gasteiger partial charge in [0.15, 0.2) is 0 Å². The lowest BCUT2D eigenvalue weighted by Crippen LogP contribution is -2.41. The first kappa shape index (κ1) is 12.0. The van der Waals surface area contributed by atoms with Gasteiger partial charge in [-0.15, -0.1) is 0 Å². The maximum atomic E-state index is 8.99. The minimum absolute atomic E-state index is 0.299. The monoisotopic (exact) mass is 199 g/mol. The molecule has 1 saturated carbocycles. The van der Waals surface area contributed by atoms with E-state index in [1.54, 1.807) is 0 Å². The van der Waals surface area contributed by atoms with Gasteiger partial charge >= 0.3 is 0 Å². The summed E-state index contributed by atoms with van der Waals surface area (Å²) in [6.07, 6.45) is 4.02. The van der Waals surface area contributed by atoms with Crippen molar-refractivity contribution in [1.82, 2.24) is 4.90 Å². The minimum Gasteiger partial charge on any atom is -0.395 e. The lowest BCUT2D eigenvalue weighted by Gasteiger charge is -2.38. The van der Waals surface area contributed by atoms with E-state index in [1.165, 1.54) is 19.3 Å². The Hall–Kier alpha value is -0.0800. The van der Waals surface area contributed by atoms with Crippen molar-refractivity contribution in [3.8, 4) is 0 Å². The molecule has 2 unspecified atom stereocenters. The van der Waals surface area contributed by atoms with Crippen molar-refractivity contribution in [3.05, 3.63) is 0 Å². The van der Waals surface area contributed by atoms with Gasteiger partial charge in [0.2, 0.25) is 0 Å². The van der Waals surface area contributed by atoms with Gasteiger partial charge in [0, 0.05) is 12.6 Å². The highest BCUT2D eigenvalue weighted by Crippen LogP contribution is 2.31. The Labute approximate surface area is 88.3 Å². The zero-order chi connectivity index (χ0) is 10.6. The van der Waals surface area contributed by atoms with Crippen molar-refractivity contribution < 1.29 is 5.11 Å². The predicted octanol–water partition coefficient (Wildman–Crippen LogP) is 2.13. The summed E-state index contributed by atoms with van der Waals surface area (Å²) >= 11 is 0. The number of hydrogen-bond donors (Lipinski definition) is 1. The molecule has 0 spiro atoms. The zero-order valence-electron chi connectivity index (χ0n) is 9.87. The second-order valence-corrected chi connectivity index (χ2v) is 4.92. The fraction of sp³-hybridized carbons (Fsp3) is 1.00. The number of likely N-dealkylation sites (N-methyl/N-ethyl adjacent to an activating group) is 1. The lowest BCUT2D eigenvalue weighted by atomic mass is 9.80. The van der Waals surface area contributed by atoms with Crippen LogP contribution >= 0.6 is 0 Å². The summed E-state index contributed by atoms with van der Waals surface area (Å²) in [4.78, 5) is 2.44. The molecule has 0 radical (unpaired) electrons. The van der Waals surface area contributed by atoms with Crippen LogP contribution in [-0.4, -0.2) is 35.7 Å². The molecule has 2 atom stereocenters. The van der Waals surface area contributed by atoms with Crippen molar-refractivity contribution in [2.75, 3.05) is 19.7 Å². The first-order valence-corrected chi connectivity index (χ1v) is 6.02. The summed E-state index contributed by atoms with van der Waals surface area (Å²) in [5, 5.41) is 8.99. The van der Waals surface area contributed by atoms with Gasteiger partial charge in [-0.2, -0.15) is 0 Å². The third kappa shape index (κ3) is 3.25. The molecule has 0 aromatic rings. The number of rotatable bonds is 4. The van der Waals surface area contributed by atoms with E-state index < -0.39 is 0 Å². The average molecular weight is 199 g/mol. The Morgan fingerprint density at radius 2 is 1.71 bits per heavy atom. The van der Waals surface area contributed by atoms with Gasteiger partial charge in [0.1, 0.15) is 0 Å². The molecule has 2 nitrogen and oxygen atoms in total. The van der Waals surface area contributed by atoms with Gasteiger partial charge in [-0.25, -0.2) is 0 Å². The predicted molar refractivity (Wildman–Crippen MR) is 60.3 cm³/mol. The Kier molecular flexibility index (Phi) is 4.90. The van der Waals surface area contributed by atoms with Crippen LogP contribution in [0.25, 0.3) is 0 Å². The first-order valence-electron chi connectivity index (χ1n) is 6.02. The van der Waals surface area contributed by atoms with E-state index in [4.69, 9.17) is 5.11 Å². The normalized spacial score (nSPS) is 33.6. The van der Waals surface area contributed by atoms with Crippen LogP contribution in [0.1, 0.15) is 40.0 Å². The number of nitrogens with zero attached hydrogens (tertiary/aromatic N) is 1. The van der Waals surface area contributed by atoms with E-state index in [2.05, 4.69) is 25.7 Å². The van der Waals surface area contributed by atoms with Crippen molar-refractivity contribution in [2.24, 2.45) is 11.8 Å². The largest absolute Gasteiger partial charge is 0.395 e. The average Bonchev–Trinajstić information content (AvgIpc) is 2.12. The second kappa shape index (κ2) is 5.72. The smallest absolute Gasteiger partial charge is 0.0558 e. The Balaban J connectivity index is 2.47. The second-order valence-electron chi connectivity index (χ2n) is 4.92. The van der Waals surface area contributed by atoms with Crippen LogP contribution in [-0.2, 0) is 0 Å². The van der Waals surface area contributed by atoms with Crippen molar-refractivity contribution in [1.29, 1.82) is 0 Å². The van der Waals surface area contributed by atoms with Gasteiger partial charge < -0.3 is 5.11 Å². The summed E-state index contributed by atoms with van der Waals surface area (Å²) in [7, 11) is 0. The van der Waals surface area contributed by atoms with Gasteiger partial charge in [-0.05, 0) is 37.6 Å². The maximum absolute atomic E-state index is 8.99. The van der Waals surface area contributed by atoms with Crippen LogP contribution in [0.3, 0.4) is 0 Å². The fourth-order valence-electron chi connectivity index (χ4n) is 2.93. The molecule has 2 heteroatoms. The molecule has 0 saturated heterocycles. The van der Waals surface area contributed by atoms with Crippen LogP contribution < -0.4 is 0 Å². The van der Waals surface area contributed by atoms with E-state index in [9.17, 15) is 0 Å². The number of aliphatic hydroxyl groups excluding tert-OH is 1. The Morgan fingerprint density at radius 1 is 1.14 bits per heavy atom. The van der Waals surface area contributed by atoms with Crippen LogP contribution in [0.15, 0.2) is 0 Å². The van der Waals surface area contributed by atoms with E-state index in [0.29, 0.717) is 12.6 Å². The summed E-state index contributed by atoms with van der Waals surface area (Å²) in [5.74, 6) is 1.72. The Bertz CT molecular complexity index is 150. The topological polar surface area (TPSA) is 23.5 Å². The molecule has 1 rings (SSSR count). The zero-order valence-corrected chi connectivity index (χ0v) is 9.87. The lowest BCUT2D eigenvalue weighted by molar-refractivity contribution is 0.0948. The SMILES string of the molecule is CCN(CCO)C1CC(C)CC(C)C1. The maximum Gasteiger partial charge on any atom is 0.0558 e. The van der Waals surface area contributed by atoms with Crippen molar-refractivity contribution in [2.45, 2.75) is 46.1 Å². The molecule has 14 heavy (non-hydrogen) atoms. The highest BCUT2D eigenvalue weighted by molar-refractivity contribution is 4.81. The highest BCUT2D eigenvalue weighted by atomic mass is 16.3. The molecule has 1 N–H and O–H groups in total. The quantitative estimate of drug-likeness (QED) is 0.749. The molecular weight excluding hydrogens is 174 g/mol. The molecule has 0 aromatic carbocycles. The van der Waals surface area contributed by atoms with E-state index in [-0.39, 0.29) is 0 Å². The van der Waals surface area contributed by atoms with Crippen LogP contribution in [0.2, 0.25) is 0 Å². The molecular formula is C12H25NO. The molecule has 0 amide bonds. The van der Waals surface area contributed by atoms with Gasteiger partial charge in [-0.3, -0.25) is 4.90 Å². The van der Waals surface area contributed by atoms with Gasteiger partial charge in [0.25, 0.3) is 0 Å². The van der Waals surface area contributed by atoms with E-state index in [0.717, 1.165) is 24.9 Å². The molecule has 0 bridgehead atoms. The van der Waals surface area contributed by atoms with Crippen LogP contribution in [0.5, 0.6) is 0 Å². The molecule has 1 aliphatic rings. The molecule has 0 heterocycles. The molecule has 1 fully saturated rings. The summed E-state index contributed by atoms with van der Waals surface area (Å²) < 4.78 is 0. The summed E-state index contributed by atoms with van der Waals surface area (Å²) in [6, 6.07) is 0.714. The minimum atomic E-state index is 0.299. The van der Waals surface area contributed by atoms with Crippen molar-refractivity contribution >= 4 is 0 Å². The number of hydrogen-bond acceptors (Lipinski definition) is 2.